The number of halogens is 2. The molecule has 0 radical (unpaired) electrons. The fourth-order valence-electron chi connectivity index (χ4n) is 4.04. The number of carbonyl (C=O) groups excluding carboxylic acids is 1. The molecule has 7 nitrogen and oxygen atoms in total. The van der Waals surface area contributed by atoms with Crippen LogP contribution in [0.5, 0.6) is 0 Å². The van der Waals surface area contributed by atoms with Gasteiger partial charge in [0.15, 0.2) is 5.11 Å². The van der Waals surface area contributed by atoms with Crippen molar-refractivity contribution in [2.24, 2.45) is 0 Å². The predicted octanol–water partition coefficient (Wildman–Crippen LogP) is 5.98. The number of aromatic nitrogens is 2. The molecule has 0 atom stereocenters. The average molecular weight is 592 g/mol. The summed E-state index contributed by atoms with van der Waals surface area (Å²) in [4.78, 5) is 19.0. The quantitative estimate of drug-likeness (QED) is 0.221. The molecular weight excluding hydrogens is 563 g/mol. The van der Waals surface area contributed by atoms with Crippen LogP contribution in [0.1, 0.15) is 27.9 Å². The summed E-state index contributed by atoms with van der Waals surface area (Å²) < 4.78 is 1.93. The molecule has 0 bridgehead atoms. The predicted molar refractivity (Wildman–Crippen MR) is 163 cm³/mol. The smallest absolute Gasteiger partial charge is 0.226 e. The normalized spacial score (nSPS) is 10.6. The molecule has 10 heteroatoms. The van der Waals surface area contributed by atoms with Crippen LogP contribution in [-0.4, -0.2) is 38.6 Å². The Balaban J connectivity index is 1.37. The van der Waals surface area contributed by atoms with Crippen LogP contribution in [0.4, 0.5) is 5.69 Å². The molecule has 1 heterocycles. The monoisotopic (exact) mass is 590 g/mol. The number of imidazole rings is 1. The van der Waals surface area contributed by atoms with Crippen LogP contribution in [0.15, 0.2) is 79.3 Å². The van der Waals surface area contributed by atoms with E-state index in [9.17, 15) is 4.79 Å². The molecule has 4 aromatic rings. The maximum Gasteiger partial charge on any atom is 0.226 e. The van der Waals surface area contributed by atoms with E-state index >= 15 is 0 Å². The van der Waals surface area contributed by atoms with Crippen molar-refractivity contribution in [3.05, 3.63) is 117 Å². The molecule has 0 aliphatic carbocycles. The Morgan fingerprint density at radius 1 is 1.10 bits per heavy atom. The third-order valence-corrected chi connectivity index (χ3v) is 7.48. The second-order valence-electron chi connectivity index (χ2n) is 9.28. The third-order valence-electron chi connectivity index (χ3n) is 6.26. The lowest BCUT2D eigenvalue weighted by Crippen LogP contribution is -2.40. The number of anilines is 1. The summed E-state index contributed by atoms with van der Waals surface area (Å²) >= 11 is 18.4. The van der Waals surface area contributed by atoms with Crippen LogP contribution in [0.3, 0.4) is 0 Å². The molecule has 2 N–H and O–H groups in total. The van der Waals surface area contributed by atoms with Crippen molar-refractivity contribution in [2.45, 2.75) is 26.4 Å². The van der Waals surface area contributed by atoms with Crippen molar-refractivity contribution < 1.29 is 4.79 Å². The number of aryl methyl sites for hydroxylation is 1. The SMILES string of the molecule is Cc1ccc(NC(=S)N(CCNC(=O)Cc2cncn2Cc2ccc(C#N)cc2)Cc2cccc(Cl)c2Cl)cc1. The lowest BCUT2D eigenvalue weighted by molar-refractivity contribution is -0.120. The molecule has 0 fully saturated rings. The van der Waals surface area contributed by atoms with E-state index in [1.807, 2.05) is 64.9 Å². The highest BCUT2D eigenvalue weighted by atomic mass is 35.5. The van der Waals surface area contributed by atoms with E-state index < -0.39 is 0 Å². The molecular formula is C30H28Cl2N6OS. The summed E-state index contributed by atoms with van der Waals surface area (Å²) in [6.45, 7) is 3.83. The van der Waals surface area contributed by atoms with Crippen molar-refractivity contribution in [1.29, 1.82) is 5.26 Å². The van der Waals surface area contributed by atoms with E-state index in [0.29, 0.717) is 46.9 Å². The van der Waals surface area contributed by atoms with E-state index in [0.717, 1.165) is 28.1 Å². The Labute approximate surface area is 249 Å². The number of nitriles is 1. The van der Waals surface area contributed by atoms with Gasteiger partial charge in [-0.2, -0.15) is 5.26 Å². The first-order chi connectivity index (χ1) is 19.3. The molecule has 0 saturated heterocycles. The minimum absolute atomic E-state index is 0.125. The number of nitrogens with one attached hydrogen (secondary N) is 2. The molecule has 1 amide bonds. The fraction of sp³-hybridized carbons (Fsp3) is 0.200. The minimum atomic E-state index is -0.125. The first kappa shape index (κ1) is 29.1. The lowest BCUT2D eigenvalue weighted by Gasteiger charge is -2.27. The van der Waals surface area contributed by atoms with Crippen LogP contribution in [-0.2, 0) is 24.3 Å². The molecule has 0 spiro atoms. The summed E-state index contributed by atoms with van der Waals surface area (Å²) in [7, 11) is 0. The molecule has 204 valence electrons. The van der Waals surface area contributed by atoms with Gasteiger partial charge in [-0.25, -0.2) is 4.98 Å². The summed E-state index contributed by atoms with van der Waals surface area (Å²) in [5.41, 5.74) is 5.27. The number of thiocarbonyl (C=S) groups is 1. The van der Waals surface area contributed by atoms with Gasteiger partial charge in [-0.15, -0.1) is 0 Å². The Morgan fingerprint density at radius 3 is 2.58 bits per heavy atom. The van der Waals surface area contributed by atoms with Crippen molar-refractivity contribution in [2.75, 3.05) is 18.4 Å². The Kier molecular flexibility index (Phi) is 10.1. The highest BCUT2D eigenvalue weighted by Crippen LogP contribution is 2.26. The van der Waals surface area contributed by atoms with E-state index in [-0.39, 0.29) is 12.3 Å². The van der Waals surface area contributed by atoms with E-state index in [1.165, 1.54) is 0 Å². The third kappa shape index (κ3) is 8.06. The maximum absolute atomic E-state index is 12.8. The van der Waals surface area contributed by atoms with Crippen LogP contribution >= 0.6 is 35.4 Å². The van der Waals surface area contributed by atoms with Crippen molar-refractivity contribution in [3.8, 4) is 6.07 Å². The fourth-order valence-corrected chi connectivity index (χ4v) is 4.70. The van der Waals surface area contributed by atoms with Gasteiger partial charge in [0, 0.05) is 43.8 Å². The second kappa shape index (κ2) is 13.9. The highest BCUT2D eigenvalue weighted by Gasteiger charge is 2.15. The highest BCUT2D eigenvalue weighted by molar-refractivity contribution is 7.80. The van der Waals surface area contributed by atoms with Gasteiger partial charge in [-0.1, -0.05) is 65.2 Å². The number of hydrogen-bond donors (Lipinski definition) is 2. The zero-order valence-corrected chi connectivity index (χ0v) is 24.2. The molecule has 0 aliphatic heterocycles. The standard InChI is InChI=1S/C30H28Cl2N6OS/c1-21-5-11-25(12-6-21)36-30(40)37(19-24-3-2-4-27(31)29(24)32)14-13-35-28(39)15-26-17-34-20-38(26)18-23-9-7-22(16-33)8-10-23/h2-12,17,20H,13-15,18-19H2,1H3,(H,35,39)(H,36,40). The van der Waals surface area contributed by atoms with Gasteiger partial charge in [0.25, 0.3) is 0 Å². The summed E-state index contributed by atoms with van der Waals surface area (Å²) in [5.74, 6) is -0.125. The topological polar surface area (TPSA) is 86.0 Å². The van der Waals surface area contributed by atoms with E-state index in [1.54, 1.807) is 30.7 Å². The summed E-state index contributed by atoms with van der Waals surface area (Å²) in [6.07, 6.45) is 3.58. The zero-order valence-electron chi connectivity index (χ0n) is 21.9. The number of rotatable bonds is 10. The van der Waals surface area contributed by atoms with Gasteiger partial charge < -0.3 is 20.1 Å². The number of amides is 1. The van der Waals surface area contributed by atoms with Crippen LogP contribution in [0.25, 0.3) is 0 Å². The van der Waals surface area contributed by atoms with Gasteiger partial charge in [-0.3, -0.25) is 4.79 Å². The largest absolute Gasteiger partial charge is 0.354 e. The molecule has 3 aromatic carbocycles. The number of hydrogen-bond acceptors (Lipinski definition) is 4. The van der Waals surface area contributed by atoms with Gasteiger partial charge in [0.2, 0.25) is 5.91 Å². The maximum atomic E-state index is 12.8. The van der Waals surface area contributed by atoms with Crippen LogP contribution < -0.4 is 10.6 Å². The van der Waals surface area contributed by atoms with Crippen LogP contribution in [0.2, 0.25) is 10.0 Å². The Hall–Kier alpha value is -3.90. The molecule has 1 aromatic heterocycles. The van der Waals surface area contributed by atoms with Gasteiger partial charge in [-0.05, 0) is 60.6 Å². The van der Waals surface area contributed by atoms with E-state index in [2.05, 4.69) is 21.7 Å². The van der Waals surface area contributed by atoms with Crippen molar-refractivity contribution in [1.82, 2.24) is 19.8 Å². The number of carbonyl (C=O) groups is 1. The van der Waals surface area contributed by atoms with E-state index in [4.69, 9.17) is 40.7 Å². The number of benzene rings is 3. The van der Waals surface area contributed by atoms with Crippen molar-refractivity contribution in [3.63, 3.8) is 0 Å². The second-order valence-corrected chi connectivity index (χ2v) is 10.5. The lowest BCUT2D eigenvalue weighted by atomic mass is 10.1. The molecule has 40 heavy (non-hydrogen) atoms. The molecule has 0 saturated carbocycles. The Morgan fingerprint density at radius 2 is 1.85 bits per heavy atom. The molecule has 0 unspecified atom stereocenters. The molecule has 0 aliphatic rings. The Bertz CT molecular complexity index is 1510. The van der Waals surface area contributed by atoms with Crippen molar-refractivity contribution >= 4 is 52.1 Å². The summed E-state index contributed by atoms with van der Waals surface area (Å²) in [6, 6.07) is 22.9. The minimum Gasteiger partial charge on any atom is -0.354 e. The first-order valence-electron chi connectivity index (χ1n) is 12.6. The van der Waals surface area contributed by atoms with Gasteiger partial charge in [0.1, 0.15) is 0 Å². The van der Waals surface area contributed by atoms with Gasteiger partial charge >= 0.3 is 0 Å². The van der Waals surface area contributed by atoms with Crippen LogP contribution in [0, 0.1) is 18.3 Å². The zero-order chi connectivity index (χ0) is 28.5. The first-order valence-corrected chi connectivity index (χ1v) is 13.8. The average Bonchev–Trinajstić information content (AvgIpc) is 3.38. The van der Waals surface area contributed by atoms with Gasteiger partial charge in [0.05, 0.1) is 34.4 Å². The number of nitrogens with zero attached hydrogens (tertiary/aromatic N) is 4. The molecule has 4 rings (SSSR count). The summed E-state index contributed by atoms with van der Waals surface area (Å²) in [5, 5.41) is 16.7.